The second kappa shape index (κ2) is 12.9. The number of allylic oxidation sites excluding steroid dienone is 1. The van der Waals surface area contributed by atoms with Gasteiger partial charge in [0.25, 0.3) is 0 Å². The minimum absolute atomic E-state index is 0.576. The zero-order valence-electron chi connectivity index (χ0n) is 15.3. The molecule has 0 aromatic heterocycles. The van der Waals surface area contributed by atoms with E-state index < -0.39 is 0 Å². The van der Waals surface area contributed by atoms with Gasteiger partial charge in [0.05, 0.1) is 5.70 Å². The predicted octanol–water partition coefficient (Wildman–Crippen LogP) is 3.68. The van der Waals surface area contributed by atoms with Crippen molar-refractivity contribution in [2.24, 2.45) is 10.7 Å². The van der Waals surface area contributed by atoms with Crippen LogP contribution in [0.25, 0.3) is 4.91 Å². The van der Waals surface area contributed by atoms with Crippen molar-refractivity contribution in [3.05, 3.63) is 41.1 Å². The molecule has 1 aromatic carbocycles. The summed E-state index contributed by atoms with van der Waals surface area (Å²) in [4.78, 5) is 13.3. The van der Waals surface area contributed by atoms with Gasteiger partial charge in [-0.25, -0.2) is 0 Å². The second-order valence-corrected chi connectivity index (χ2v) is 6.21. The average Bonchev–Trinajstić information content (AvgIpc) is 3.20. The smallest absolute Gasteiger partial charge is 0.106 e. The molecule has 0 amide bonds. The molecule has 2 rings (SSSR count). The first kappa shape index (κ1) is 22.6. The molecule has 1 aliphatic rings. The number of benzene rings is 1. The largest absolute Gasteiger partial charge is 0.333 e. The Morgan fingerprint density at radius 1 is 1.33 bits per heavy atom. The number of hydrogen-bond acceptors (Lipinski definition) is 5. The van der Waals surface area contributed by atoms with Crippen molar-refractivity contribution in [2.75, 3.05) is 19.8 Å². The topological polar surface area (TPSA) is 67.5 Å². The molecule has 1 saturated heterocycles. The lowest BCUT2D eigenvalue weighted by Gasteiger charge is -2.20. The van der Waals surface area contributed by atoms with Crippen LogP contribution in [-0.2, 0) is 4.79 Å². The van der Waals surface area contributed by atoms with Crippen molar-refractivity contribution in [3.8, 4) is 0 Å². The summed E-state index contributed by atoms with van der Waals surface area (Å²) in [5.41, 5.74) is 8.14. The molecule has 1 fully saturated rings. The first-order valence-electron chi connectivity index (χ1n) is 8.09. The van der Waals surface area contributed by atoms with Gasteiger partial charge in [0.15, 0.2) is 0 Å². The lowest BCUT2D eigenvalue weighted by atomic mass is 9.92. The number of rotatable bonds is 5. The van der Waals surface area contributed by atoms with Gasteiger partial charge in [0.1, 0.15) is 6.79 Å². The van der Waals surface area contributed by atoms with Crippen LogP contribution in [-0.4, -0.2) is 39.4 Å². The van der Waals surface area contributed by atoms with Crippen molar-refractivity contribution in [2.45, 2.75) is 38.6 Å². The molecule has 2 atom stereocenters. The van der Waals surface area contributed by atoms with Crippen LogP contribution in [0.4, 0.5) is 0 Å². The molecule has 5 heteroatoms. The molecule has 1 heterocycles. The summed E-state index contributed by atoms with van der Waals surface area (Å²) in [5, 5.41) is 3.59. The normalized spacial score (nSPS) is 18.3. The van der Waals surface area contributed by atoms with Crippen LogP contribution in [0, 0.1) is 0 Å². The van der Waals surface area contributed by atoms with Crippen LogP contribution in [0.5, 0.6) is 0 Å². The number of nitrogens with one attached hydrogen (secondary N) is 1. The maximum absolute atomic E-state index is 8.00. The molecule has 134 valence electrons. The van der Waals surface area contributed by atoms with E-state index in [2.05, 4.69) is 60.2 Å². The number of thioether (sulfide) groups is 1. The van der Waals surface area contributed by atoms with Gasteiger partial charge in [0.2, 0.25) is 0 Å². The van der Waals surface area contributed by atoms with Crippen molar-refractivity contribution in [1.82, 2.24) is 5.32 Å². The molecule has 0 radical (unpaired) electrons. The molecule has 0 saturated carbocycles. The summed E-state index contributed by atoms with van der Waals surface area (Å²) in [6, 6.07) is 9.56. The predicted molar refractivity (Wildman–Crippen MR) is 109 cm³/mol. The third-order valence-corrected chi connectivity index (χ3v) is 5.11. The fraction of sp³-hybridized carbons (Fsp3) is 0.474. The highest BCUT2D eigenvalue weighted by Crippen LogP contribution is 2.31. The summed E-state index contributed by atoms with van der Waals surface area (Å²) in [5.74, 6) is 0.576. The van der Waals surface area contributed by atoms with Crippen molar-refractivity contribution >= 4 is 30.2 Å². The Bertz CT molecular complexity index is 508. The van der Waals surface area contributed by atoms with E-state index in [0.29, 0.717) is 12.0 Å². The van der Waals surface area contributed by atoms with E-state index in [1.807, 2.05) is 13.7 Å². The van der Waals surface area contributed by atoms with Crippen molar-refractivity contribution < 1.29 is 4.79 Å². The van der Waals surface area contributed by atoms with Crippen LogP contribution in [0.2, 0.25) is 0 Å². The average molecular weight is 350 g/mol. The zero-order chi connectivity index (χ0) is 18.5. The Morgan fingerprint density at radius 2 is 1.92 bits per heavy atom. The van der Waals surface area contributed by atoms with E-state index in [1.54, 1.807) is 11.8 Å². The Balaban J connectivity index is 0.00000123. The van der Waals surface area contributed by atoms with Gasteiger partial charge in [-0.2, -0.15) is 0 Å². The van der Waals surface area contributed by atoms with Gasteiger partial charge < -0.3 is 15.8 Å². The van der Waals surface area contributed by atoms with E-state index in [-0.39, 0.29) is 0 Å². The minimum atomic E-state index is 0.576. The molecule has 4 nitrogen and oxygen atoms in total. The number of nitrogens with zero attached hydrogens (tertiary/aromatic N) is 1. The number of aliphatic imine (C=N–C) groups is 1. The summed E-state index contributed by atoms with van der Waals surface area (Å²) < 4.78 is 0. The highest BCUT2D eigenvalue weighted by molar-refractivity contribution is 8.07. The van der Waals surface area contributed by atoms with E-state index >= 15 is 0 Å². The fourth-order valence-electron chi connectivity index (χ4n) is 2.85. The molecule has 3 N–H and O–H groups in total. The van der Waals surface area contributed by atoms with Crippen LogP contribution in [0.3, 0.4) is 0 Å². The lowest BCUT2D eigenvalue weighted by molar-refractivity contribution is -0.0979. The highest BCUT2D eigenvalue weighted by atomic mass is 32.2. The molecule has 1 aliphatic heterocycles. The quantitative estimate of drug-likeness (QED) is 0.796. The molecule has 0 bridgehead atoms. The van der Waals surface area contributed by atoms with Gasteiger partial charge in [0, 0.05) is 10.9 Å². The lowest BCUT2D eigenvalue weighted by Crippen LogP contribution is -2.27. The van der Waals surface area contributed by atoms with Crippen LogP contribution >= 0.6 is 11.8 Å². The van der Waals surface area contributed by atoms with Crippen molar-refractivity contribution in [1.29, 1.82) is 0 Å². The van der Waals surface area contributed by atoms with Crippen molar-refractivity contribution in [3.63, 3.8) is 0 Å². The first-order valence-corrected chi connectivity index (χ1v) is 9.31. The summed E-state index contributed by atoms with van der Waals surface area (Å²) >= 11 is 1.73. The monoisotopic (exact) mass is 349 g/mol. The van der Waals surface area contributed by atoms with Gasteiger partial charge in [-0.3, -0.25) is 4.99 Å². The second-order valence-electron chi connectivity index (χ2n) is 5.39. The molecule has 24 heavy (non-hydrogen) atoms. The number of hydrogen-bond donors (Lipinski definition) is 2. The molecule has 0 spiro atoms. The first-order chi connectivity index (χ1) is 11.7. The van der Waals surface area contributed by atoms with Gasteiger partial charge in [-0.05, 0) is 63.4 Å². The molecule has 0 aliphatic carbocycles. The Hall–Kier alpha value is -1.43. The van der Waals surface area contributed by atoms with E-state index in [9.17, 15) is 0 Å². The van der Waals surface area contributed by atoms with Gasteiger partial charge in [-0.1, -0.05) is 31.2 Å². The van der Waals surface area contributed by atoms with E-state index in [1.165, 1.54) is 35.9 Å². The number of carbonyl (C=O) groups is 1. The summed E-state index contributed by atoms with van der Waals surface area (Å²) in [6.07, 6.45) is 4.68. The zero-order valence-corrected chi connectivity index (χ0v) is 16.2. The Morgan fingerprint density at radius 3 is 2.33 bits per heavy atom. The summed E-state index contributed by atoms with van der Waals surface area (Å²) in [7, 11) is 1.50. The molecular weight excluding hydrogens is 318 g/mol. The van der Waals surface area contributed by atoms with Gasteiger partial charge in [-0.15, -0.1) is 11.8 Å². The number of nitrogens with two attached hydrogens (primary N) is 1. The minimum Gasteiger partial charge on any atom is -0.333 e. The third-order valence-electron chi connectivity index (χ3n) is 4.17. The molecular formula is C19H31N3OS. The number of carbonyl (C=O) groups excluding carboxylic acids is 1. The Labute approximate surface area is 151 Å². The van der Waals surface area contributed by atoms with Crippen LogP contribution < -0.4 is 11.1 Å². The van der Waals surface area contributed by atoms with Gasteiger partial charge >= 0.3 is 0 Å². The molecule has 2 unspecified atom stereocenters. The van der Waals surface area contributed by atoms with E-state index in [4.69, 9.17) is 4.79 Å². The summed E-state index contributed by atoms with van der Waals surface area (Å²) in [6.45, 7) is 11.1. The van der Waals surface area contributed by atoms with Crippen LogP contribution in [0.15, 0.2) is 35.0 Å². The highest BCUT2D eigenvalue weighted by Gasteiger charge is 2.22. The molecule has 1 aromatic rings. The third kappa shape index (κ3) is 6.23. The van der Waals surface area contributed by atoms with E-state index in [0.717, 1.165) is 12.2 Å². The Kier molecular flexibility index (Phi) is 12.2. The SMILES string of the molecule is C=N/C(C)=C(\SC)c1ccc(C(C)C2CCCN2)cc1.C=O.CN. The maximum atomic E-state index is 8.00. The maximum Gasteiger partial charge on any atom is 0.106 e. The standard InChI is InChI=1S/C17H24N2S.CH5N.CH2O/c1-12(16-6-5-11-19-16)14-7-9-15(10-8-14)17(20-4)13(2)18-3;2*1-2/h7-10,12,16,19H,3,5-6,11H2,1-2,4H3;2H2,1H3;1H2/b17-13-;;. The van der Waals surface area contributed by atoms with Crippen LogP contribution in [0.1, 0.15) is 43.7 Å². The fourth-order valence-corrected chi connectivity index (χ4v) is 3.59.